The molecule has 0 fully saturated rings. The minimum atomic E-state index is -3.87. The monoisotopic (exact) mass is 338 g/mol. The predicted molar refractivity (Wildman–Crippen MR) is 79.9 cm³/mol. The third-order valence-corrected chi connectivity index (χ3v) is 5.38. The van der Waals surface area contributed by atoms with Gasteiger partial charge in [0.25, 0.3) is 0 Å². The Morgan fingerprint density at radius 3 is 2.10 bits per heavy atom. The molecule has 20 heavy (non-hydrogen) atoms. The van der Waals surface area contributed by atoms with Gasteiger partial charge >= 0.3 is 6.03 Å². The quantitative estimate of drug-likeness (QED) is 0.855. The van der Waals surface area contributed by atoms with Crippen molar-refractivity contribution in [3.8, 4) is 0 Å². The SMILES string of the molecule is Cc1ccc(S(=O)(=O)[C@H](NC(=O)N(C)C)C(Cl)Cl)cc1. The topological polar surface area (TPSA) is 66.5 Å². The standard InChI is InChI=1S/C12H16Cl2N2O3S/c1-8-4-6-9(7-5-8)20(18,19)11(10(13)14)15-12(17)16(2)3/h4-7,10-11H,1-3H3,(H,15,17)/t11-/m0/s1. The van der Waals surface area contributed by atoms with E-state index < -0.39 is 26.1 Å². The molecule has 112 valence electrons. The summed E-state index contributed by atoms with van der Waals surface area (Å²) >= 11 is 11.4. The highest BCUT2D eigenvalue weighted by Crippen LogP contribution is 2.22. The molecule has 5 nitrogen and oxygen atoms in total. The molecule has 0 aliphatic carbocycles. The lowest BCUT2D eigenvalue weighted by Gasteiger charge is -2.22. The number of nitrogens with one attached hydrogen (secondary N) is 1. The summed E-state index contributed by atoms with van der Waals surface area (Å²) < 4.78 is 24.9. The molecule has 0 bridgehead atoms. The third-order valence-electron chi connectivity index (χ3n) is 2.58. The van der Waals surface area contributed by atoms with E-state index in [1.165, 1.54) is 31.1 Å². The summed E-state index contributed by atoms with van der Waals surface area (Å²) in [4.78, 5) is 11.6. The van der Waals surface area contributed by atoms with Crippen LogP contribution >= 0.6 is 23.2 Å². The Bertz CT molecular complexity index is 571. The normalized spacial score (nSPS) is 13.1. The number of carbonyl (C=O) groups excluding carboxylic acids is 1. The summed E-state index contributed by atoms with van der Waals surface area (Å²) in [5.41, 5.74) is 0.922. The van der Waals surface area contributed by atoms with Crippen LogP contribution in [0.3, 0.4) is 0 Å². The van der Waals surface area contributed by atoms with E-state index >= 15 is 0 Å². The van der Waals surface area contributed by atoms with Gasteiger partial charge in [0.2, 0.25) is 9.84 Å². The molecule has 1 N–H and O–H groups in total. The van der Waals surface area contributed by atoms with E-state index in [0.29, 0.717) is 0 Å². The molecule has 0 unspecified atom stereocenters. The van der Waals surface area contributed by atoms with Crippen molar-refractivity contribution in [2.75, 3.05) is 14.1 Å². The van der Waals surface area contributed by atoms with E-state index in [2.05, 4.69) is 5.32 Å². The van der Waals surface area contributed by atoms with Gasteiger partial charge in [-0.05, 0) is 19.1 Å². The summed E-state index contributed by atoms with van der Waals surface area (Å²) in [5, 5.41) is 0.891. The lowest BCUT2D eigenvalue weighted by atomic mass is 10.2. The van der Waals surface area contributed by atoms with Crippen LogP contribution in [0.25, 0.3) is 0 Å². The molecule has 8 heteroatoms. The van der Waals surface area contributed by atoms with Crippen LogP contribution in [0.15, 0.2) is 29.2 Å². The molecule has 0 aliphatic heterocycles. The maximum Gasteiger partial charge on any atom is 0.317 e. The van der Waals surface area contributed by atoms with Crippen molar-refractivity contribution in [2.45, 2.75) is 22.0 Å². The van der Waals surface area contributed by atoms with Gasteiger partial charge in [0, 0.05) is 14.1 Å². The first-order valence-corrected chi connectivity index (χ1v) is 8.14. The molecule has 1 aromatic rings. The van der Waals surface area contributed by atoms with Crippen LogP contribution in [0.4, 0.5) is 4.79 Å². The maximum atomic E-state index is 12.4. The zero-order valence-corrected chi connectivity index (χ0v) is 13.6. The van der Waals surface area contributed by atoms with Crippen LogP contribution in [-0.2, 0) is 9.84 Å². The number of rotatable bonds is 4. The second-order valence-electron chi connectivity index (χ2n) is 4.46. The van der Waals surface area contributed by atoms with Crippen molar-refractivity contribution >= 4 is 39.1 Å². The number of amides is 2. The molecule has 0 spiro atoms. The van der Waals surface area contributed by atoms with Crippen LogP contribution in [0.5, 0.6) is 0 Å². The molecule has 0 saturated carbocycles. The number of aryl methyl sites for hydroxylation is 1. The summed E-state index contributed by atoms with van der Waals surface area (Å²) in [6, 6.07) is 5.65. The molecule has 0 saturated heterocycles. The Hall–Kier alpha value is -0.980. The average Bonchev–Trinajstić information content (AvgIpc) is 2.35. The Morgan fingerprint density at radius 2 is 1.70 bits per heavy atom. The number of hydrogen-bond donors (Lipinski definition) is 1. The number of sulfone groups is 1. The van der Waals surface area contributed by atoms with Crippen molar-refractivity contribution in [1.29, 1.82) is 0 Å². The van der Waals surface area contributed by atoms with Crippen LogP contribution < -0.4 is 5.32 Å². The van der Waals surface area contributed by atoms with Crippen LogP contribution in [-0.4, -0.2) is 43.7 Å². The number of nitrogens with zero attached hydrogens (tertiary/aromatic N) is 1. The van der Waals surface area contributed by atoms with Gasteiger partial charge in [0.1, 0.15) is 4.84 Å². The van der Waals surface area contributed by atoms with Gasteiger partial charge in [-0.1, -0.05) is 17.7 Å². The van der Waals surface area contributed by atoms with Gasteiger partial charge < -0.3 is 10.2 Å². The van der Waals surface area contributed by atoms with Gasteiger partial charge in [-0.2, -0.15) is 0 Å². The summed E-state index contributed by atoms with van der Waals surface area (Å²) in [7, 11) is -0.891. The highest BCUT2D eigenvalue weighted by atomic mass is 35.5. The second kappa shape index (κ2) is 6.65. The Labute approximate surface area is 128 Å². The Morgan fingerprint density at radius 1 is 1.20 bits per heavy atom. The molecule has 2 amide bonds. The van der Waals surface area contributed by atoms with E-state index in [-0.39, 0.29) is 4.90 Å². The van der Waals surface area contributed by atoms with Crippen molar-refractivity contribution < 1.29 is 13.2 Å². The zero-order valence-electron chi connectivity index (χ0n) is 11.3. The van der Waals surface area contributed by atoms with E-state index in [0.717, 1.165) is 5.56 Å². The predicted octanol–water partition coefficient (Wildman–Crippen LogP) is 2.17. The minimum absolute atomic E-state index is 0.0541. The van der Waals surface area contributed by atoms with E-state index in [1.54, 1.807) is 12.1 Å². The molecule has 0 radical (unpaired) electrons. The Kier molecular flexibility index (Phi) is 5.68. The number of hydrogen-bond acceptors (Lipinski definition) is 3. The average molecular weight is 339 g/mol. The maximum absolute atomic E-state index is 12.4. The molecule has 1 aromatic carbocycles. The second-order valence-corrected chi connectivity index (χ2v) is 7.69. The van der Waals surface area contributed by atoms with Crippen molar-refractivity contribution in [3.05, 3.63) is 29.8 Å². The first-order valence-electron chi connectivity index (χ1n) is 5.73. The fourth-order valence-corrected chi connectivity index (χ4v) is 3.68. The van der Waals surface area contributed by atoms with Crippen molar-refractivity contribution in [3.63, 3.8) is 0 Å². The summed E-state index contributed by atoms with van der Waals surface area (Å²) in [6.07, 6.45) is 0. The number of urea groups is 1. The first-order chi connectivity index (χ1) is 9.16. The smallest absolute Gasteiger partial charge is 0.317 e. The van der Waals surface area contributed by atoms with Gasteiger partial charge in [-0.25, -0.2) is 13.2 Å². The van der Waals surface area contributed by atoms with Gasteiger partial charge in [-0.15, -0.1) is 23.2 Å². The molecule has 0 aromatic heterocycles. The lowest BCUT2D eigenvalue weighted by molar-refractivity contribution is 0.216. The van der Waals surface area contributed by atoms with Crippen LogP contribution in [0.2, 0.25) is 0 Å². The number of carbonyl (C=O) groups is 1. The molecule has 0 heterocycles. The van der Waals surface area contributed by atoms with Crippen molar-refractivity contribution in [1.82, 2.24) is 10.2 Å². The highest BCUT2D eigenvalue weighted by Gasteiger charge is 2.34. The largest absolute Gasteiger partial charge is 0.331 e. The Balaban J connectivity index is 3.13. The fraction of sp³-hybridized carbons (Fsp3) is 0.417. The molecule has 1 atom stereocenters. The van der Waals surface area contributed by atoms with E-state index in [4.69, 9.17) is 23.2 Å². The molecular formula is C12H16Cl2N2O3S. The molecular weight excluding hydrogens is 323 g/mol. The third kappa shape index (κ3) is 4.01. The van der Waals surface area contributed by atoms with Gasteiger partial charge in [0.15, 0.2) is 5.37 Å². The van der Waals surface area contributed by atoms with Gasteiger partial charge in [-0.3, -0.25) is 0 Å². The minimum Gasteiger partial charge on any atom is -0.331 e. The summed E-state index contributed by atoms with van der Waals surface area (Å²) in [6.45, 7) is 1.84. The first kappa shape index (κ1) is 17.1. The molecule has 0 aliphatic rings. The van der Waals surface area contributed by atoms with E-state index in [1.807, 2.05) is 6.92 Å². The van der Waals surface area contributed by atoms with Gasteiger partial charge in [0.05, 0.1) is 4.90 Å². The number of benzene rings is 1. The zero-order chi connectivity index (χ0) is 15.5. The van der Waals surface area contributed by atoms with E-state index in [9.17, 15) is 13.2 Å². The highest BCUT2D eigenvalue weighted by molar-refractivity contribution is 7.92. The van der Waals surface area contributed by atoms with Crippen LogP contribution in [0, 0.1) is 6.92 Å². The molecule has 1 rings (SSSR count). The van der Waals surface area contributed by atoms with Crippen molar-refractivity contribution in [2.24, 2.45) is 0 Å². The summed E-state index contributed by atoms with van der Waals surface area (Å²) in [5.74, 6) is 0. The number of alkyl halides is 2. The lowest BCUT2D eigenvalue weighted by Crippen LogP contribution is -2.48. The number of halogens is 2. The fourth-order valence-electron chi connectivity index (χ4n) is 1.40. The van der Waals surface area contributed by atoms with Crippen LogP contribution in [0.1, 0.15) is 5.56 Å².